The van der Waals surface area contributed by atoms with E-state index in [1.165, 1.54) is 18.4 Å². The third-order valence-corrected chi connectivity index (χ3v) is 2.55. The lowest BCUT2D eigenvalue weighted by Gasteiger charge is -2.11. The Morgan fingerprint density at radius 1 is 1.50 bits per heavy atom. The lowest BCUT2D eigenvalue weighted by atomic mass is 10.1. The highest BCUT2D eigenvalue weighted by Crippen LogP contribution is 2.28. The van der Waals surface area contributed by atoms with E-state index in [1.54, 1.807) is 0 Å². The molecule has 1 aliphatic rings. The first-order valence-corrected chi connectivity index (χ1v) is 5.32. The second-order valence-electron chi connectivity index (χ2n) is 3.90. The highest BCUT2D eigenvalue weighted by molar-refractivity contribution is 5.30. The van der Waals surface area contributed by atoms with Gasteiger partial charge in [0.1, 0.15) is 5.75 Å². The summed E-state index contributed by atoms with van der Waals surface area (Å²) in [6.07, 6.45) is 3.82. The van der Waals surface area contributed by atoms with E-state index in [-0.39, 0.29) is 6.04 Å². The van der Waals surface area contributed by atoms with Crippen molar-refractivity contribution in [3.63, 3.8) is 0 Å². The van der Waals surface area contributed by atoms with E-state index in [0.29, 0.717) is 6.10 Å². The molecule has 0 amide bonds. The minimum absolute atomic E-state index is 0.137. The molecule has 2 N–H and O–H groups in total. The van der Waals surface area contributed by atoms with Crippen molar-refractivity contribution in [1.82, 2.24) is 0 Å². The average molecular weight is 191 g/mol. The number of hydrogen-bond donors (Lipinski definition) is 1. The van der Waals surface area contributed by atoms with Gasteiger partial charge in [-0.1, -0.05) is 19.1 Å². The van der Waals surface area contributed by atoms with E-state index in [9.17, 15) is 0 Å². The number of hydrogen-bond acceptors (Lipinski definition) is 2. The second-order valence-corrected chi connectivity index (χ2v) is 3.90. The maximum Gasteiger partial charge on any atom is 0.120 e. The van der Waals surface area contributed by atoms with Gasteiger partial charge in [0.2, 0.25) is 0 Å². The minimum atomic E-state index is 0.137. The van der Waals surface area contributed by atoms with Crippen molar-refractivity contribution in [2.75, 3.05) is 0 Å². The van der Waals surface area contributed by atoms with Crippen LogP contribution < -0.4 is 10.5 Å². The van der Waals surface area contributed by atoms with E-state index >= 15 is 0 Å². The van der Waals surface area contributed by atoms with Crippen molar-refractivity contribution in [3.8, 4) is 5.75 Å². The van der Waals surface area contributed by atoms with Crippen LogP contribution in [0.25, 0.3) is 0 Å². The summed E-state index contributed by atoms with van der Waals surface area (Å²) in [5.74, 6) is 0.967. The molecule has 2 nitrogen and oxygen atoms in total. The molecule has 1 aromatic carbocycles. The van der Waals surface area contributed by atoms with Crippen LogP contribution in [0.2, 0.25) is 0 Å². The van der Waals surface area contributed by atoms with Crippen molar-refractivity contribution >= 4 is 0 Å². The Morgan fingerprint density at radius 2 is 2.29 bits per heavy atom. The molecule has 0 heterocycles. The molecule has 2 heteroatoms. The highest BCUT2D eigenvalue weighted by atomic mass is 16.5. The predicted molar refractivity (Wildman–Crippen MR) is 57.3 cm³/mol. The van der Waals surface area contributed by atoms with Crippen LogP contribution in [0.5, 0.6) is 5.75 Å². The Bertz CT molecular complexity index is 307. The molecule has 1 atom stereocenters. The monoisotopic (exact) mass is 191 g/mol. The zero-order valence-electron chi connectivity index (χ0n) is 8.57. The van der Waals surface area contributed by atoms with Crippen LogP contribution in [0.3, 0.4) is 0 Å². The molecule has 1 aromatic rings. The molecule has 1 unspecified atom stereocenters. The largest absolute Gasteiger partial charge is 0.490 e. The van der Waals surface area contributed by atoms with Crippen molar-refractivity contribution in [1.29, 1.82) is 0 Å². The zero-order valence-corrected chi connectivity index (χ0v) is 8.57. The molecular formula is C12H17NO. The molecule has 0 spiro atoms. The molecule has 76 valence electrons. The Kier molecular flexibility index (Phi) is 2.73. The standard InChI is InChI=1S/C12H17NO/c1-2-12(13)9-4-3-5-11(8-9)14-10-6-7-10/h3-5,8,10,12H,2,6-7,13H2,1H3. The molecule has 0 bridgehead atoms. The maximum absolute atomic E-state index is 5.95. The Hall–Kier alpha value is -1.02. The molecule has 0 aromatic heterocycles. The van der Waals surface area contributed by atoms with Crippen LogP contribution in [-0.2, 0) is 0 Å². The van der Waals surface area contributed by atoms with Crippen LogP contribution in [0.4, 0.5) is 0 Å². The number of nitrogens with two attached hydrogens (primary N) is 1. The molecule has 0 aliphatic heterocycles. The predicted octanol–water partition coefficient (Wildman–Crippen LogP) is 2.64. The van der Waals surface area contributed by atoms with E-state index in [0.717, 1.165) is 12.2 Å². The van der Waals surface area contributed by atoms with Gasteiger partial charge in [0.05, 0.1) is 6.10 Å². The quantitative estimate of drug-likeness (QED) is 0.794. The second kappa shape index (κ2) is 4.01. The molecular weight excluding hydrogens is 174 g/mol. The van der Waals surface area contributed by atoms with Crippen molar-refractivity contribution in [2.24, 2.45) is 5.73 Å². The average Bonchev–Trinajstić information content (AvgIpc) is 3.01. The summed E-state index contributed by atoms with van der Waals surface area (Å²) in [7, 11) is 0. The first-order chi connectivity index (χ1) is 6.79. The first-order valence-electron chi connectivity index (χ1n) is 5.32. The van der Waals surface area contributed by atoms with Gasteiger partial charge < -0.3 is 10.5 Å². The molecule has 1 saturated carbocycles. The van der Waals surface area contributed by atoms with Gasteiger partial charge in [-0.15, -0.1) is 0 Å². The van der Waals surface area contributed by atoms with Crippen molar-refractivity contribution < 1.29 is 4.74 Å². The summed E-state index contributed by atoms with van der Waals surface area (Å²) in [5, 5.41) is 0. The summed E-state index contributed by atoms with van der Waals surface area (Å²) in [6, 6.07) is 8.28. The minimum Gasteiger partial charge on any atom is -0.490 e. The summed E-state index contributed by atoms with van der Waals surface area (Å²) >= 11 is 0. The van der Waals surface area contributed by atoms with Crippen LogP contribution in [0, 0.1) is 0 Å². The van der Waals surface area contributed by atoms with E-state index in [2.05, 4.69) is 19.1 Å². The molecule has 0 saturated heterocycles. The highest BCUT2D eigenvalue weighted by Gasteiger charge is 2.23. The topological polar surface area (TPSA) is 35.2 Å². The summed E-state index contributed by atoms with van der Waals surface area (Å²) in [6.45, 7) is 2.10. The van der Waals surface area contributed by atoms with Gasteiger partial charge in [-0.2, -0.15) is 0 Å². The van der Waals surface area contributed by atoms with Gasteiger partial charge in [-0.05, 0) is 37.0 Å². The Balaban J connectivity index is 2.08. The fraction of sp³-hybridized carbons (Fsp3) is 0.500. The Morgan fingerprint density at radius 3 is 2.93 bits per heavy atom. The Labute approximate surface area is 85.1 Å². The number of benzene rings is 1. The third-order valence-electron chi connectivity index (χ3n) is 2.55. The molecule has 0 radical (unpaired) electrons. The van der Waals surface area contributed by atoms with Crippen molar-refractivity contribution in [2.45, 2.75) is 38.3 Å². The smallest absolute Gasteiger partial charge is 0.120 e. The van der Waals surface area contributed by atoms with Gasteiger partial charge in [0.25, 0.3) is 0 Å². The van der Waals surface area contributed by atoms with Gasteiger partial charge >= 0.3 is 0 Å². The van der Waals surface area contributed by atoms with E-state index in [4.69, 9.17) is 10.5 Å². The normalized spacial score (nSPS) is 17.9. The fourth-order valence-corrected chi connectivity index (χ4v) is 1.43. The summed E-state index contributed by atoms with van der Waals surface area (Å²) in [5.41, 5.74) is 7.13. The lowest BCUT2D eigenvalue weighted by Crippen LogP contribution is -2.08. The van der Waals surface area contributed by atoms with E-state index < -0.39 is 0 Å². The molecule has 2 rings (SSSR count). The maximum atomic E-state index is 5.95. The van der Waals surface area contributed by atoms with E-state index in [1.807, 2.05) is 12.1 Å². The zero-order chi connectivity index (χ0) is 9.97. The molecule has 1 fully saturated rings. The van der Waals surface area contributed by atoms with Crippen LogP contribution in [-0.4, -0.2) is 6.10 Å². The van der Waals surface area contributed by atoms with Gasteiger partial charge in [-0.3, -0.25) is 0 Å². The lowest BCUT2D eigenvalue weighted by molar-refractivity contribution is 0.302. The summed E-state index contributed by atoms with van der Waals surface area (Å²) < 4.78 is 5.71. The molecule has 14 heavy (non-hydrogen) atoms. The third kappa shape index (κ3) is 2.26. The first kappa shape index (κ1) is 9.53. The fourth-order valence-electron chi connectivity index (χ4n) is 1.43. The van der Waals surface area contributed by atoms with Crippen LogP contribution in [0.15, 0.2) is 24.3 Å². The summed E-state index contributed by atoms with van der Waals surface area (Å²) in [4.78, 5) is 0. The SMILES string of the molecule is CCC(N)c1cccc(OC2CC2)c1. The van der Waals surface area contributed by atoms with Gasteiger partial charge in [-0.25, -0.2) is 0 Å². The van der Waals surface area contributed by atoms with Crippen LogP contribution >= 0.6 is 0 Å². The van der Waals surface area contributed by atoms with Crippen molar-refractivity contribution in [3.05, 3.63) is 29.8 Å². The number of rotatable bonds is 4. The number of ether oxygens (including phenoxy) is 1. The van der Waals surface area contributed by atoms with Gasteiger partial charge in [0.15, 0.2) is 0 Å². The van der Waals surface area contributed by atoms with Gasteiger partial charge in [0, 0.05) is 6.04 Å². The van der Waals surface area contributed by atoms with Crippen LogP contribution in [0.1, 0.15) is 37.8 Å². The molecule has 1 aliphatic carbocycles.